The van der Waals surface area contributed by atoms with Crippen molar-refractivity contribution in [3.63, 3.8) is 0 Å². The molecule has 92 heavy (non-hydrogen) atoms. The number of rotatable bonds is 63. The van der Waals surface area contributed by atoms with Gasteiger partial charge < -0.3 is 65.1 Å². The van der Waals surface area contributed by atoms with Crippen LogP contribution in [0.2, 0.25) is 0 Å². The Hall–Kier alpha value is -2.57. The van der Waals surface area contributed by atoms with Crippen molar-refractivity contribution >= 4 is 5.91 Å². The maximum Gasteiger partial charge on any atom is 0.220 e. The molecule has 1 amide bonds. The van der Waals surface area contributed by atoms with Crippen molar-refractivity contribution in [2.75, 3.05) is 19.8 Å². The summed E-state index contributed by atoms with van der Waals surface area (Å²) in [6, 6.07) is -0.916. The van der Waals surface area contributed by atoms with Crippen molar-refractivity contribution in [3.05, 3.63) is 72.9 Å². The second kappa shape index (κ2) is 62.0. The zero-order chi connectivity index (χ0) is 66.6. The number of unbranched alkanes of at least 4 members (excludes halogenated alkanes) is 40. The van der Waals surface area contributed by atoms with Crippen LogP contribution in [0.15, 0.2) is 72.9 Å². The maximum atomic E-state index is 13.4. The molecule has 12 unspecified atom stereocenters. The second-order valence-electron chi connectivity index (χ2n) is 26.8. The minimum atomic E-state index is -1.79. The molecule has 9 N–H and O–H groups in total. The Kier molecular flexibility index (Phi) is 57.6. The molecule has 14 nitrogen and oxygen atoms in total. The van der Waals surface area contributed by atoms with Crippen LogP contribution in [0.1, 0.15) is 322 Å². The lowest BCUT2D eigenvalue weighted by atomic mass is 9.97. The van der Waals surface area contributed by atoms with Crippen LogP contribution in [-0.2, 0) is 23.7 Å². The third-order valence-electron chi connectivity index (χ3n) is 18.4. The number of carbonyl (C=O) groups excluding carboxylic acids is 1. The van der Waals surface area contributed by atoms with Gasteiger partial charge in [0.25, 0.3) is 0 Å². The van der Waals surface area contributed by atoms with Gasteiger partial charge in [0.15, 0.2) is 12.6 Å². The second-order valence-corrected chi connectivity index (χ2v) is 26.8. The number of carbonyl (C=O) groups is 1. The summed E-state index contributed by atoms with van der Waals surface area (Å²) in [5.74, 6) is -0.234. The first-order chi connectivity index (χ1) is 45.1. The predicted molar refractivity (Wildman–Crippen MR) is 378 cm³/mol. The zero-order valence-electron chi connectivity index (χ0n) is 58.5. The molecule has 14 heteroatoms. The van der Waals surface area contributed by atoms with Gasteiger partial charge in [-0.1, -0.05) is 324 Å². The van der Waals surface area contributed by atoms with E-state index in [0.717, 1.165) is 70.6 Å². The van der Waals surface area contributed by atoms with Gasteiger partial charge in [0.1, 0.15) is 48.8 Å². The topological polar surface area (TPSA) is 228 Å². The fraction of sp³-hybridized carbons (Fsp3) is 0.833. The SMILES string of the molecule is CC/C=C\C/C=C\C/C=C\C/C=C\C/C=C\CCCCCCCCCCCCCCCCCCCCCCCCCC(=O)NC(COC1OC(CO)C(OC2OC(CO)C(O)C(O)C2O)C(O)C1O)C(O)/C=C/CCCCCCCCCCCCCCCCCCC. The Morgan fingerprint density at radius 2 is 0.750 bits per heavy atom. The van der Waals surface area contributed by atoms with Crippen molar-refractivity contribution in [1.29, 1.82) is 0 Å². The van der Waals surface area contributed by atoms with E-state index in [4.69, 9.17) is 18.9 Å². The number of nitrogens with one attached hydrogen (secondary N) is 1. The molecule has 0 spiro atoms. The van der Waals surface area contributed by atoms with Crippen molar-refractivity contribution < 1.29 is 64.6 Å². The molecule has 536 valence electrons. The largest absolute Gasteiger partial charge is 0.394 e. The van der Waals surface area contributed by atoms with Gasteiger partial charge in [-0.05, 0) is 64.2 Å². The van der Waals surface area contributed by atoms with E-state index >= 15 is 0 Å². The first-order valence-corrected chi connectivity index (χ1v) is 38.2. The standard InChI is InChI=1S/C78H141NO13/c1-3-5-7-9-11-13-15-17-19-21-23-24-25-26-27-28-29-30-31-32-33-34-35-36-37-38-39-40-41-42-44-46-48-50-52-54-56-58-60-62-70(83)79-66(67(82)61-59-57-55-53-51-49-47-45-43-22-20-18-16-14-12-10-8-6-4-2)65-89-77-75(88)73(86)76(69(64-81)91-77)92-78-74(87)72(85)71(84)68(63-80)90-78/h5,7,11,13,17,19,23-24,26-27,59,61,66-69,71-78,80-82,84-88H,3-4,6,8-10,12,14-16,18,20-22,25,28-58,60,62-65H2,1-2H3,(H,79,83)/b7-5-,13-11-,19-17-,24-23-,27-26-,61-59+. The van der Waals surface area contributed by atoms with E-state index in [-0.39, 0.29) is 18.9 Å². The quantitative estimate of drug-likeness (QED) is 0.0204. The average Bonchev–Trinajstić information content (AvgIpc) is 1.05. The highest BCUT2D eigenvalue weighted by Gasteiger charge is 2.51. The number of hydrogen-bond donors (Lipinski definition) is 9. The van der Waals surface area contributed by atoms with Gasteiger partial charge in [-0.25, -0.2) is 0 Å². The lowest BCUT2D eigenvalue weighted by Gasteiger charge is -2.46. The number of aliphatic hydroxyl groups is 8. The van der Waals surface area contributed by atoms with Crippen LogP contribution < -0.4 is 5.32 Å². The summed E-state index contributed by atoms with van der Waals surface area (Å²) in [6.45, 7) is 2.72. The number of allylic oxidation sites excluding steroid dienone is 11. The Bertz CT molecular complexity index is 1820. The van der Waals surface area contributed by atoms with Crippen LogP contribution in [0.25, 0.3) is 0 Å². The first kappa shape index (κ1) is 85.5. The molecule has 2 rings (SSSR count). The van der Waals surface area contributed by atoms with Gasteiger partial charge in [0.2, 0.25) is 5.91 Å². The predicted octanol–water partition coefficient (Wildman–Crippen LogP) is 16.6. The van der Waals surface area contributed by atoms with Crippen molar-refractivity contribution in [1.82, 2.24) is 5.32 Å². The van der Waals surface area contributed by atoms with Gasteiger partial charge in [0.05, 0.1) is 32.0 Å². The molecule has 0 radical (unpaired) electrons. The normalized spacial score (nSPS) is 23.1. The maximum absolute atomic E-state index is 13.4. The summed E-state index contributed by atoms with van der Waals surface area (Å²) in [7, 11) is 0. The zero-order valence-corrected chi connectivity index (χ0v) is 58.5. The van der Waals surface area contributed by atoms with E-state index in [1.54, 1.807) is 6.08 Å². The number of aliphatic hydroxyl groups excluding tert-OH is 8. The Balaban J connectivity index is 1.58. The summed E-state index contributed by atoms with van der Waals surface area (Å²) in [4.78, 5) is 13.4. The Labute approximate surface area is 561 Å². The molecule has 2 saturated heterocycles. The van der Waals surface area contributed by atoms with Gasteiger partial charge in [-0.3, -0.25) is 4.79 Å². The highest BCUT2D eigenvalue weighted by atomic mass is 16.7. The lowest BCUT2D eigenvalue weighted by Crippen LogP contribution is -2.65. The number of ether oxygens (including phenoxy) is 4. The van der Waals surface area contributed by atoms with E-state index in [2.05, 4.69) is 79.9 Å². The summed E-state index contributed by atoms with van der Waals surface area (Å²) < 4.78 is 22.9. The third kappa shape index (κ3) is 45.0. The molecule has 2 aliphatic heterocycles. The highest BCUT2D eigenvalue weighted by Crippen LogP contribution is 2.30. The van der Waals surface area contributed by atoms with Crippen LogP contribution in [0.4, 0.5) is 0 Å². The number of hydrogen-bond acceptors (Lipinski definition) is 13. The molecule has 12 atom stereocenters. The van der Waals surface area contributed by atoms with Crippen molar-refractivity contribution in [2.24, 2.45) is 0 Å². The molecule has 0 aromatic carbocycles. The molecule has 2 heterocycles. The van der Waals surface area contributed by atoms with E-state index in [1.807, 2.05) is 6.08 Å². The molecule has 0 aliphatic carbocycles. The van der Waals surface area contributed by atoms with E-state index in [9.17, 15) is 45.6 Å². The van der Waals surface area contributed by atoms with Gasteiger partial charge >= 0.3 is 0 Å². The Morgan fingerprint density at radius 1 is 0.402 bits per heavy atom. The van der Waals surface area contributed by atoms with Crippen LogP contribution in [0.3, 0.4) is 0 Å². The summed E-state index contributed by atoms with van der Waals surface area (Å²) in [5.41, 5.74) is 0. The monoisotopic (exact) mass is 1300 g/mol. The molecule has 0 bridgehead atoms. The van der Waals surface area contributed by atoms with Crippen LogP contribution in [-0.4, -0.2) is 140 Å². The van der Waals surface area contributed by atoms with Crippen molar-refractivity contribution in [3.8, 4) is 0 Å². The molecular formula is C78H141NO13. The molecule has 0 aromatic heterocycles. The molecule has 0 aromatic rings. The third-order valence-corrected chi connectivity index (χ3v) is 18.4. The van der Waals surface area contributed by atoms with Crippen LogP contribution >= 0.6 is 0 Å². The fourth-order valence-electron chi connectivity index (χ4n) is 12.4. The average molecular weight is 1300 g/mol. The summed E-state index contributed by atoms with van der Waals surface area (Å²) in [5, 5.41) is 87.5. The molecule has 2 fully saturated rings. The Morgan fingerprint density at radius 3 is 1.15 bits per heavy atom. The minimum absolute atomic E-state index is 0.234. The molecule has 0 saturated carbocycles. The smallest absolute Gasteiger partial charge is 0.220 e. The van der Waals surface area contributed by atoms with Gasteiger partial charge in [-0.15, -0.1) is 0 Å². The van der Waals surface area contributed by atoms with E-state index < -0.39 is 86.8 Å². The fourth-order valence-corrected chi connectivity index (χ4v) is 12.4. The van der Waals surface area contributed by atoms with Crippen LogP contribution in [0, 0.1) is 0 Å². The minimum Gasteiger partial charge on any atom is -0.394 e. The summed E-state index contributed by atoms with van der Waals surface area (Å²) in [6.07, 6.45) is 68.3. The molecular weight excluding hydrogens is 1160 g/mol. The highest BCUT2D eigenvalue weighted by molar-refractivity contribution is 5.76. The van der Waals surface area contributed by atoms with Gasteiger partial charge in [-0.2, -0.15) is 0 Å². The summed E-state index contributed by atoms with van der Waals surface area (Å²) >= 11 is 0. The first-order valence-electron chi connectivity index (χ1n) is 38.2. The lowest BCUT2D eigenvalue weighted by molar-refractivity contribution is -0.359. The van der Waals surface area contributed by atoms with Gasteiger partial charge in [0, 0.05) is 6.42 Å². The van der Waals surface area contributed by atoms with Crippen molar-refractivity contribution in [2.45, 2.75) is 396 Å². The molecule has 2 aliphatic rings. The van der Waals surface area contributed by atoms with E-state index in [1.165, 1.54) is 225 Å². The van der Waals surface area contributed by atoms with E-state index in [0.29, 0.717) is 6.42 Å². The van der Waals surface area contributed by atoms with Crippen LogP contribution in [0.5, 0.6) is 0 Å². The number of amides is 1.